The molecule has 1 fully saturated rings. The van der Waals surface area contributed by atoms with Gasteiger partial charge in [-0.25, -0.2) is 9.37 Å². The number of hydrogen-bond donors (Lipinski definition) is 3. The van der Waals surface area contributed by atoms with Gasteiger partial charge in [-0.2, -0.15) is 0 Å². The zero-order valence-electron chi connectivity index (χ0n) is 15.6. The van der Waals surface area contributed by atoms with Crippen molar-refractivity contribution in [2.45, 2.75) is 18.6 Å². The van der Waals surface area contributed by atoms with Crippen molar-refractivity contribution >= 4 is 32.4 Å². The fourth-order valence-electron chi connectivity index (χ4n) is 3.84. The third-order valence-corrected chi connectivity index (χ3v) is 6.38. The number of amides is 1. The predicted octanol–water partition coefficient (Wildman–Crippen LogP) is 3.11. The van der Waals surface area contributed by atoms with Crippen LogP contribution in [-0.4, -0.2) is 40.1 Å². The van der Waals surface area contributed by atoms with Gasteiger partial charge in [0.2, 0.25) is 0 Å². The third-order valence-electron chi connectivity index (χ3n) is 5.36. The average molecular weight is 410 g/mol. The molecule has 8 heteroatoms. The first-order valence-corrected chi connectivity index (χ1v) is 10.2. The first kappa shape index (κ1) is 18.2. The predicted molar refractivity (Wildman–Crippen MR) is 111 cm³/mol. The zero-order valence-corrected chi connectivity index (χ0v) is 16.5. The summed E-state index contributed by atoms with van der Waals surface area (Å²) in [6, 6.07) is 10.6. The third kappa shape index (κ3) is 3.09. The molecule has 2 atom stereocenters. The van der Waals surface area contributed by atoms with Gasteiger partial charge in [0.1, 0.15) is 5.82 Å². The first-order valence-electron chi connectivity index (χ1n) is 9.38. The number of thiazole rings is 1. The molecule has 1 aliphatic heterocycles. The van der Waals surface area contributed by atoms with Crippen molar-refractivity contribution in [1.82, 2.24) is 20.0 Å². The number of β-amino-alcohol motifs (C(OH)–C–C–N with tert-alkyl or cyclic N) is 1. The van der Waals surface area contributed by atoms with E-state index < -0.39 is 0 Å². The average Bonchev–Trinajstić information content (AvgIpc) is 3.41. The Hall–Kier alpha value is -2.81. The highest BCUT2D eigenvalue weighted by atomic mass is 32.1. The summed E-state index contributed by atoms with van der Waals surface area (Å²) in [5.41, 5.74) is 3.36. The normalized spacial score (nSPS) is 19.3. The molecular weight excluding hydrogens is 391 g/mol. The molecule has 3 heterocycles. The van der Waals surface area contributed by atoms with E-state index in [1.54, 1.807) is 19.2 Å². The van der Waals surface area contributed by atoms with Crippen LogP contribution in [0.4, 0.5) is 4.39 Å². The molecule has 5 rings (SSSR count). The van der Waals surface area contributed by atoms with Gasteiger partial charge in [-0.15, -0.1) is 0 Å². The maximum atomic E-state index is 14.8. The summed E-state index contributed by atoms with van der Waals surface area (Å²) in [5, 5.41) is 15.5. The maximum absolute atomic E-state index is 14.8. The Morgan fingerprint density at radius 1 is 1.34 bits per heavy atom. The smallest absolute Gasteiger partial charge is 0.251 e. The van der Waals surface area contributed by atoms with Crippen LogP contribution in [0.2, 0.25) is 0 Å². The van der Waals surface area contributed by atoms with Crippen LogP contribution in [0.3, 0.4) is 0 Å². The van der Waals surface area contributed by atoms with Crippen LogP contribution in [0.15, 0.2) is 42.6 Å². The van der Waals surface area contributed by atoms with Crippen molar-refractivity contribution in [1.29, 1.82) is 0 Å². The number of fused-ring (bicyclic) bond motifs is 3. The number of carbonyl (C=O) groups excluding carboxylic acids is 1. The summed E-state index contributed by atoms with van der Waals surface area (Å²) < 4.78 is 17.7. The SMILES string of the molecule is CNC(=O)c1ccc2c(c1)sc1nc(-c3ccc([C@H]4C[C@H](O)CN4)cc3F)cn12. The van der Waals surface area contributed by atoms with E-state index in [1.165, 1.54) is 17.4 Å². The number of halogens is 1. The van der Waals surface area contributed by atoms with Crippen molar-refractivity contribution in [3.05, 3.63) is 59.5 Å². The molecule has 2 aromatic heterocycles. The minimum Gasteiger partial charge on any atom is -0.392 e. The Morgan fingerprint density at radius 3 is 2.93 bits per heavy atom. The summed E-state index contributed by atoms with van der Waals surface area (Å²) in [6.45, 7) is 0.528. The molecule has 1 aliphatic rings. The van der Waals surface area contributed by atoms with Crippen LogP contribution in [0.1, 0.15) is 28.4 Å². The Kier molecular flexibility index (Phi) is 4.34. The molecule has 0 aliphatic carbocycles. The molecule has 1 amide bonds. The number of nitrogens with zero attached hydrogens (tertiary/aromatic N) is 2. The topological polar surface area (TPSA) is 78.7 Å². The lowest BCUT2D eigenvalue weighted by Crippen LogP contribution is -2.17. The highest BCUT2D eigenvalue weighted by Gasteiger charge is 2.24. The molecule has 1 saturated heterocycles. The van der Waals surface area contributed by atoms with Crippen LogP contribution in [0.25, 0.3) is 26.4 Å². The van der Waals surface area contributed by atoms with Crippen LogP contribution >= 0.6 is 11.3 Å². The highest BCUT2D eigenvalue weighted by molar-refractivity contribution is 7.23. The molecule has 6 nitrogen and oxygen atoms in total. The molecule has 0 spiro atoms. The van der Waals surface area contributed by atoms with Gasteiger partial charge >= 0.3 is 0 Å². The van der Waals surface area contributed by atoms with Crippen LogP contribution < -0.4 is 10.6 Å². The Labute approximate surface area is 170 Å². The van der Waals surface area contributed by atoms with Gasteiger partial charge < -0.3 is 15.7 Å². The minimum absolute atomic E-state index is 0.0301. The minimum atomic E-state index is -0.389. The lowest BCUT2D eigenvalue weighted by atomic mass is 10.0. The van der Waals surface area contributed by atoms with Crippen molar-refractivity contribution in [2.75, 3.05) is 13.6 Å². The Balaban J connectivity index is 1.51. The molecule has 4 aromatic rings. The fraction of sp³-hybridized carbons (Fsp3) is 0.238. The van der Waals surface area contributed by atoms with Gasteiger partial charge in [0, 0.05) is 37.0 Å². The largest absolute Gasteiger partial charge is 0.392 e. The van der Waals surface area contributed by atoms with Crippen molar-refractivity contribution in [2.24, 2.45) is 0 Å². The second kappa shape index (κ2) is 6.91. The molecular formula is C21H19FN4O2S. The molecule has 148 valence electrons. The second-order valence-electron chi connectivity index (χ2n) is 7.23. The Morgan fingerprint density at radius 2 is 2.21 bits per heavy atom. The summed E-state index contributed by atoms with van der Waals surface area (Å²) in [7, 11) is 1.60. The highest BCUT2D eigenvalue weighted by Crippen LogP contribution is 2.32. The van der Waals surface area contributed by atoms with Gasteiger partial charge in [0.15, 0.2) is 4.96 Å². The van der Waals surface area contributed by atoms with E-state index >= 15 is 0 Å². The van der Waals surface area contributed by atoms with Crippen LogP contribution in [-0.2, 0) is 0 Å². The van der Waals surface area contributed by atoms with E-state index in [4.69, 9.17) is 0 Å². The number of aliphatic hydroxyl groups excluding tert-OH is 1. The summed E-state index contributed by atoms with van der Waals surface area (Å²) >= 11 is 1.46. The van der Waals surface area contributed by atoms with Crippen molar-refractivity contribution < 1.29 is 14.3 Å². The standard InChI is InChI=1S/C21H19FN4O2S/c1-23-20(28)12-3-5-18-19(7-12)29-21-25-17(10-26(18)21)14-4-2-11(6-15(14)22)16-8-13(27)9-24-16/h2-7,10,13,16,24,27H,8-9H2,1H3,(H,23,28)/t13-,16+/m0/s1. The summed E-state index contributed by atoms with van der Waals surface area (Å²) in [5.74, 6) is -0.465. The van der Waals surface area contributed by atoms with Crippen LogP contribution in [0, 0.1) is 5.82 Å². The van der Waals surface area contributed by atoms with Crippen molar-refractivity contribution in [3.63, 3.8) is 0 Å². The quantitative estimate of drug-likeness (QED) is 0.485. The molecule has 0 unspecified atom stereocenters. The molecule has 3 N–H and O–H groups in total. The summed E-state index contributed by atoms with van der Waals surface area (Å²) in [4.78, 5) is 17.2. The van der Waals surface area contributed by atoms with E-state index in [9.17, 15) is 14.3 Å². The number of carbonyl (C=O) groups is 1. The van der Waals surface area contributed by atoms with Gasteiger partial charge in [-0.3, -0.25) is 9.20 Å². The lowest BCUT2D eigenvalue weighted by molar-refractivity contribution is 0.0963. The van der Waals surface area contributed by atoms with Gasteiger partial charge in [0.25, 0.3) is 5.91 Å². The van der Waals surface area contributed by atoms with Crippen molar-refractivity contribution in [3.8, 4) is 11.3 Å². The number of benzene rings is 2. The lowest BCUT2D eigenvalue weighted by Gasteiger charge is -2.11. The number of hydrogen-bond acceptors (Lipinski definition) is 5. The maximum Gasteiger partial charge on any atom is 0.251 e. The van der Waals surface area contributed by atoms with Gasteiger partial charge in [-0.1, -0.05) is 17.4 Å². The van der Waals surface area contributed by atoms with E-state index in [0.717, 1.165) is 20.7 Å². The van der Waals surface area contributed by atoms with E-state index in [1.807, 2.05) is 28.8 Å². The number of rotatable bonds is 3. The van der Waals surface area contributed by atoms with E-state index in [2.05, 4.69) is 15.6 Å². The Bertz CT molecular complexity index is 1250. The summed E-state index contributed by atoms with van der Waals surface area (Å²) in [6.07, 6.45) is 2.02. The fourth-order valence-corrected chi connectivity index (χ4v) is 4.89. The first-order chi connectivity index (χ1) is 14.0. The van der Waals surface area contributed by atoms with Gasteiger partial charge in [0.05, 0.1) is 22.0 Å². The molecule has 0 radical (unpaired) electrons. The monoisotopic (exact) mass is 410 g/mol. The van der Waals surface area contributed by atoms with E-state index in [0.29, 0.717) is 29.8 Å². The molecule has 0 bridgehead atoms. The second-order valence-corrected chi connectivity index (χ2v) is 8.24. The molecule has 0 saturated carbocycles. The zero-order chi connectivity index (χ0) is 20.1. The number of nitrogens with one attached hydrogen (secondary N) is 2. The molecule has 29 heavy (non-hydrogen) atoms. The van der Waals surface area contributed by atoms with E-state index in [-0.39, 0.29) is 23.9 Å². The van der Waals surface area contributed by atoms with Gasteiger partial charge in [-0.05, 0) is 42.3 Å². The number of aromatic nitrogens is 2. The molecule has 2 aromatic carbocycles. The van der Waals surface area contributed by atoms with Crippen LogP contribution in [0.5, 0.6) is 0 Å². The number of aliphatic hydroxyl groups is 1. The number of imidazole rings is 1.